The van der Waals surface area contributed by atoms with Gasteiger partial charge in [-0.3, -0.25) is 4.79 Å². The Morgan fingerprint density at radius 3 is 2.85 bits per heavy atom. The maximum atomic E-state index is 11.6. The predicted molar refractivity (Wildman–Crippen MR) is 58.5 cm³/mol. The van der Waals surface area contributed by atoms with Gasteiger partial charge in [0.1, 0.15) is 0 Å². The van der Waals surface area contributed by atoms with Crippen molar-refractivity contribution >= 4 is 25.3 Å². The van der Waals surface area contributed by atoms with Gasteiger partial charge < -0.3 is 4.57 Å². The number of nitrogens with zero attached hydrogens (tertiary/aromatic N) is 1. The summed E-state index contributed by atoms with van der Waals surface area (Å²) in [6.45, 7) is 0. The second-order valence-corrected chi connectivity index (χ2v) is 3.75. The molecule has 13 heavy (non-hydrogen) atoms. The zero-order valence-electron chi connectivity index (χ0n) is 7.32. The number of hydrogen-bond donors (Lipinski definition) is 0. The molecule has 0 spiro atoms. The predicted octanol–water partition coefficient (Wildman–Crippen LogP) is 1.04. The fourth-order valence-electron chi connectivity index (χ4n) is 1.36. The standard InChI is InChI=1S/C10H10NOP/c1-11-5-4-7-6-8(13)2-3-9(7)10(11)12/h2-6H,13H2,1H3. The summed E-state index contributed by atoms with van der Waals surface area (Å²) >= 11 is 0. The number of rotatable bonds is 0. The molecule has 0 radical (unpaired) electrons. The van der Waals surface area contributed by atoms with E-state index in [0.29, 0.717) is 0 Å². The Kier molecular flexibility index (Phi) is 1.93. The van der Waals surface area contributed by atoms with Gasteiger partial charge >= 0.3 is 0 Å². The van der Waals surface area contributed by atoms with Crippen LogP contribution in [-0.2, 0) is 7.05 Å². The zero-order valence-corrected chi connectivity index (χ0v) is 8.47. The second kappa shape index (κ2) is 2.97. The molecule has 1 aromatic carbocycles. The van der Waals surface area contributed by atoms with E-state index in [9.17, 15) is 4.79 Å². The first-order chi connectivity index (χ1) is 6.18. The van der Waals surface area contributed by atoms with E-state index in [2.05, 4.69) is 9.24 Å². The Morgan fingerprint density at radius 2 is 2.08 bits per heavy atom. The van der Waals surface area contributed by atoms with Crippen LogP contribution in [0.3, 0.4) is 0 Å². The van der Waals surface area contributed by atoms with Crippen LogP contribution in [0.1, 0.15) is 0 Å². The highest BCUT2D eigenvalue weighted by molar-refractivity contribution is 7.27. The van der Waals surface area contributed by atoms with E-state index in [1.807, 2.05) is 24.3 Å². The molecule has 2 nitrogen and oxygen atoms in total. The molecular weight excluding hydrogens is 181 g/mol. The summed E-state index contributed by atoms with van der Waals surface area (Å²) in [5, 5.41) is 2.87. The van der Waals surface area contributed by atoms with E-state index >= 15 is 0 Å². The lowest BCUT2D eigenvalue weighted by atomic mass is 10.2. The molecule has 0 aliphatic heterocycles. The van der Waals surface area contributed by atoms with Crippen molar-refractivity contribution in [3.63, 3.8) is 0 Å². The van der Waals surface area contributed by atoms with Crippen LogP contribution >= 0.6 is 9.24 Å². The van der Waals surface area contributed by atoms with Crippen molar-refractivity contribution in [2.24, 2.45) is 7.05 Å². The fraction of sp³-hybridized carbons (Fsp3) is 0.100. The van der Waals surface area contributed by atoms with Gasteiger partial charge in [-0.1, -0.05) is 6.07 Å². The minimum absolute atomic E-state index is 0.0579. The Morgan fingerprint density at radius 1 is 1.31 bits per heavy atom. The van der Waals surface area contributed by atoms with E-state index in [-0.39, 0.29) is 5.56 Å². The Labute approximate surface area is 78.4 Å². The molecule has 0 amide bonds. The lowest BCUT2D eigenvalue weighted by Gasteiger charge is -2.01. The lowest BCUT2D eigenvalue weighted by molar-refractivity contribution is 0.873. The smallest absolute Gasteiger partial charge is 0.258 e. The number of benzene rings is 1. The van der Waals surface area contributed by atoms with Crippen LogP contribution in [0.15, 0.2) is 35.3 Å². The summed E-state index contributed by atoms with van der Waals surface area (Å²) in [6.07, 6.45) is 1.79. The van der Waals surface area contributed by atoms with E-state index in [1.54, 1.807) is 17.8 Å². The number of pyridine rings is 1. The number of fused-ring (bicyclic) bond motifs is 1. The van der Waals surface area contributed by atoms with E-state index in [4.69, 9.17) is 0 Å². The van der Waals surface area contributed by atoms with Gasteiger partial charge in [0.05, 0.1) is 0 Å². The molecule has 1 atom stereocenters. The fourth-order valence-corrected chi connectivity index (χ4v) is 1.64. The molecule has 0 aliphatic carbocycles. The topological polar surface area (TPSA) is 22.0 Å². The van der Waals surface area contributed by atoms with Crippen LogP contribution in [0, 0.1) is 0 Å². The molecule has 0 aliphatic rings. The Bertz CT molecular complexity index is 516. The van der Waals surface area contributed by atoms with Gasteiger partial charge in [-0.05, 0) is 28.9 Å². The van der Waals surface area contributed by atoms with Crippen molar-refractivity contribution in [3.8, 4) is 0 Å². The van der Waals surface area contributed by atoms with Gasteiger partial charge in [0, 0.05) is 18.6 Å². The quantitative estimate of drug-likeness (QED) is 0.570. The first-order valence-electron chi connectivity index (χ1n) is 4.03. The molecular formula is C10H10NOP. The summed E-state index contributed by atoms with van der Waals surface area (Å²) in [5.41, 5.74) is 0.0579. The summed E-state index contributed by atoms with van der Waals surface area (Å²) in [5.74, 6) is 0. The molecule has 0 saturated heterocycles. The molecule has 3 heteroatoms. The van der Waals surface area contributed by atoms with Crippen LogP contribution < -0.4 is 10.9 Å². The third-order valence-electron chi connectivity index (χ3n) is 2.10. The molecule has 0 fully saturated rings. The second-order valence-electron chi connectivity index (χ2n) is 3.08. The molecule has 0 bridgehead atoms. The van der Waals surface area contributed by atoms with Gasteiger partial charge in [-0.2, -0.15) is 0 Å². The van der Waals surface area contributed by atoms with Gasteiger partial charge in [-0.25, -0.2) is 0 Å². The number of aryl methyl sites for hydroxylation is 1. The van der Waals surface area contributed by atoms with Crippen molar-refractivity contribution in [2.75, 3.05) is 0 Å². The minimum Gasteiger partial charge on any atom is -0.318 e. The van der Waals surface area contributed by atoms with E-state index < -0.39 is 0 Å². The van der Waals surface area contributed by atoms with E-state index in [0.717, 1.165) is 16.1 Å². The molecule has 1 heterocycles. The van der Waals surface area contributed by atoms with Crippen LogP contribution in [0.4, 0.5) is 0 Å². The lowest BCUT2D eigenvalue weighted by Crippen LogP contribution is -2.15. The maximum Gasteiger partial charge on any atom is 0.258 e. The van der Waals surface area contributed by atoms with Crippen molar-refractivity contribution in [3.05, 3.63) is 40.8 Å². The molecule has 1 aromatic heterocycles. The van der Waals surface area contributed by atoms with Crippen LogP contribution in [0.5, 0.6) is 0 Å². The molecule has 2 aromatic rings. The highest BCUT2D eigenvalue weighted by atomic mass is 31.0. The summed E-state index contributed by atoms with van der Waals surface area (Å²) < 4.78 is 1.59. The van der Waals surface area contributed by atoms with Crippen LogP contribution in [0.2, 0.25) is 0 Å². The first kappa shape index (κ1) is 8.46. The molecule has 0 N–H and O–H groups in total. The van der Waals surface area contributed by atoms with Crippen molar-refractivity contribution in [1.29, 1.82) is 0 Å². The summed E-state index contributed by atoms with van der Waals surface area (Å²) in [4.78, 5) is 11.6. The summed E-state index contributed by atoms with van der Waals surface area (Å²) in [7, 11) is 4.38. The van der Waals surface area contributed by atoms with Crippen molar-refractivity contribution in [2.45, 2.75) is 0 Å². The monoisotopic (exact) mass is 191 g/mol. The average Bonchev–Trinajstić information content (AvgIpc) is 2.12. The Balaban J connectivity index is 2.95. The zero-order chi connectivity index (χ0) is 9.42. The van der Waals surface area contributed by atoms with Gasteiger partial charge in [0.15, 0.2) is 0 Å². The average molecular weight is 191 g/mol. The van der Waals surface area contributed by atoms with E-state index in [1.165, 1.54) is 0 Å². The summed E-state index contributed by atoms with van der Waals surface area (Å²) in [6, 6.07) is 7.72. The molecule has 66 valence electrons. The SMILES string of the molecule is Cn1ccc2cc(P)ccc2c1=O. The normalized spacial score (nSPS) is 10.6. The molecule has 0 saturated carbocycles. The highest BCUT2D eigenvalue weighted by Gasteiger charge is 1.98. The van der Waals surface area contributed by atoms with Crippen LogP contribution in [0.25, 0.3) is 10.8 Å². The third kappa shape index (κ3) is 1.38. The molecule has 2 rings (SSSR count). The van der Waals surface area contributed by atoms with Crippen molar-refractivity contribution in [1.82, 2.24) is 4.57 Å². The van der Waals surface area contributed by atoms with Gasteiger partial charge in [0.25, 0.3) is 5.56 Å². The van der Waals surface area contributed by atoms with Gasteiger partial charge in [0.2, 0.25) is 0 Å². The minimum atomic E-state index is 0.0579. The van der Waals surface area contributed by atoms with Gasteiger partial charge in [-0.15, -0.1) is 9.24 Å². The largest absolute Gasteiger partial charge is 0.318 e. The Hall–Kier alpha value is -1.14. The maximum absolute atomic E-state index is 11.6. The van der Waals surface area contributed by atoms with Crippen LogP contribution in [-0.4, -0.2) is 4.57 Å². The first-order valence-corrected chi connectivity index (χ1v) is 4.61. The molecule has 1 unspecified atom stereocenters. The number of aromatic nitrogens is 1. The number of hydrogen-bond acceptors (Lipinski definition) is 1. The highest BCUT2D eigenvalue weighted by Crippen LogP contribution is 2.07. The third-order valence-corrected chi connectivity index (χ3v) is 2.46. The van der Waals surface area contributed by atoms with Crippen molar-refractivity contribution < 1.29 is 0 Å².